The number of para-hydroxylation sites is 1. The van der Waals surface area contributed by atoms with Crippen molar-refractivity contribution in [2.24, 2.45) is 0 Å². The van der Waals surface area contributed by atoms with E-state index in [4.69, 9.17) is 14.6 Å². The normalized spacial score (nSPS) is 14.6. The lowest BCUT2D eigenvalue weighted by atomic mass is 9.92. The molecule has 0 aliphatic carbocycles. The fourth-order valence-electron chi connectivity index (χ4n) is 4.42. The third kappa shape index (κ3) is 5.74. The van der Waals surface area contributed by atoms with E-state index in [2.05, 4.69) is 6.58 Å². The molecule has 2 heterocycles. The van der Waals surface area contributed by atoms with Crippen molar-refractivity contribution in [1.82, 2.24) is 14.7 Å². The highest BCUT2D eigenvalue weighted by Crippen LogP contribution is 2.33. The number of carbonyl (C=O) groups is 2. The summed E-state index contributed by atoms with van der Waals surface area (Å²) in [5, 5.41) is 14.6. The van der Waals surface area contributed by atoms with Crippen molar-refractivity contribution in [3.8, 4) is 28.8 Å². The average molecular weight is 523 g/mol. The van der Waals surface area contributed by atoms with Crippen LogP contribution in [0.5, 0.6) is 5.75 Å². The van der Waals surface area contributed by atoms with Crippen LogP contribution in [0, 0.1) is 18.3 Å². The highest BCUT2D eigenvalue weighted by Gasteiger charge is 2.35. The van der Waals surface area contributed by atoms with Gasteiger partial charge in [0.25, 0.3) is 11.8 Å². The largest absolute Gasteiger partial charge is 0.490 e. The molecule has 2 aromatic carbocycles. The van der Waals surface area contributed by atoms with Gasteiger partial charge in [-0.15, -0.1) is 0 Å². The summed E-state index contributed by atoms with van der Waals surface area (Å²) in [5.74, 6) is -0.320. The molecule has 2 amide bonds. The molecule has 0 saturated carbocycles. The molecule has 1 aliphatic rings. The van der Waals surface area contributed by atoms with Crippen LogP contribution >= 0.6 is 0 Å². The second-order valence-corrected chi connectivity index (χ2v) is 9.07. The molecule has 0 bridgehead atoms. The summed E-state index contributed by atoms with van der Waals surface area (Å²) in [7, 11) is 1.56. The smallest absolute Gasteiger partial charge is 0.271 e. The number of methoxy groups -OCH3 is 1. The summed E-state index contributed by atoms with van der Waals surface area (Å²) in [6.07, 6.45) is 5.71. The Balaban J connectivity index is 1.86. The van der Waals surface area contributed by atoms with Crippen LogP contribution in [0.3, 0.4) is 0 Å². The van der Waals surface area contributed by atoms with Gasteiger partial charge in [-0.2, -0.15) is 10.4 Å². The second-order valence-electron chi connectivity index (χ2n) is 9.07. The fourth-order valence-corrected chi connectivity index (χ4v) is 4.42. The van der Waals surface area contributed by atoms with Crippen molar-refractivity contribution < 1.29 is 19.1 Å². The fraction of sp³-hybridized carbons (Fsp3) is 0.226. The van der Waals surface area contributed by atoms with Crippen LogP contribution in [-0.4, -0.2) is 53.4 Å². The van der Waals surface area contributed by atoms with Crippen LogP contribution < -0.4 is 4.74 Å². The first-order valence-electron chi connectivity index (χ1n) is 12.6. The second kappa shape index (κ2) is 12.2. The Kier molecular flexibility index (Phi) is 8.54. The third-order valence-electron chi connectivity index (χ3n) is 6.44. The summed E-state index contributed by atoms with van der Waals surface area (Å²) in [4.78, 5) is 27.6. The number of hydrogen-bond donors (Lipinski definition) is 0. The summed E-state index contributed by atoms with van der Waals surface area (Å²) in [5.41, 5.74) is 4.55. The van der Waals surface area contributed by atoms with Crippen LogP contribution in [0.15, 0.2) is 84.1 Å². The zero-order valence-corrected chi connectivity index (χ0v) is 22.3. The minimum Gasteiger partial charge on any atom is -0.490 e. The summed E-state index contributed by atoms with van der Waals surface area (Å²) < 4.78 is 12.5. The number of aryl methyl sites for hydroxylation is 1. The van der Waals surface area contributed by atoms with E-state index in [-0.39, 0.29) is 17.7 Å². The molecule has 39 heavy (non-hydrogen) atoms. The van der Waals surface area contributed by atoms with Gasteiger partial charge >= 0.3 is 0 Å². The Labute approximate surface area is 228 Å². The molecule has 0 saturated heterocycles. The molecule has 8 nitrogen and oxygen atoms in total. The lowest BCUT2D eigenvalue weighted by Crippen LogP contribution is -2.43. The molecule has 1 aromatic heterocycles. The number of ether oxygens (including phenoxy) is 2. The maximum Gasteiger partial charge on any atom is 0.271 e. The number of amides is 2. The zero-order chi connectivity index (χ0) is 27.9. The lowest BCUT2D eigenvalue weighted by molar-refractivity contribution is -0.140. The molecule has 4 rings (SSSR count). The molecular weight excluding hydrogens is 492 g/mol. The first-order valence-corrected chi connectivity index (χ1v) is 12.6. The predicted molar refractivity (Wildman–Crippen MR) is 149 cm³/mol. The first kappa shape index (κ1) is 27.3. The number of aromatic nitrogens is 2. The van der Waals surface area contributed by atoms with E-state index < -0.39 is 11.8 Å². The number of nitriles is 1. The highest BCUT2D eigenvalue weighted by molar-refractivity contribution is 6.19. The quantitative estimate of drug-likeness (QED) is 0.160. The van der Waals surface area contributed by atoms with Gasteiger partial charge in [0.1, 0.15) is 29.7 Å². The Morgan fingerprint density at radius 1 is 1.10 bits per heavy atom. The van der Waals surface area contributed by atoms with Crippen LogP contribution in [0.2, 0.25) is 0 Å². The van der Waals surface area contributed by atoms with Crippen molar-refractivity contribution in [2.75, 3.05) is 26.9 Å². The Morgan fingerprint density at radius 2 is 1.87 bits per heavy atom. The maximum absolute atomic E-state index is 13.5. The highest BCUT2D eigenvalue weighted by atomic mass is 16.5. The van der Waals surface area contributed by atoms with Crippen molar-refractivity contribution in [3.05, 3.63) is 95.2 Å². The van der Waals surface area contributed by atoms with Crippen LogP contribution in [0.4, 0.5) is 0 Å². The molecule has 0 spiro atoms. The van der Waals surface area contributed by atoms with Gasteiger partial charge in [0, 0.05) is 43.2 Å². The monoisotopic (exact) mass is 522 g/mol. The SMILES string of the molecule is C=CCOc1ccc(-c2nn(-c3ccccc3)cc2/C=C2/C(=O)N(CCCOC)C(=O)C(C#N)=C2C)c(C)c1. The molecule has 1 aliphatic heterocycles. The van der Waals surface area contributed by atoms with Gasteiger partial charge in [-0.1, -0.05) is 30.9 Å². The number of imide groups is 1. The Hall–Kier alpha value is -4.74. The lowest BCUT2D eigenvalue weighted by Gasteiger charge is -2.27. The van der Waals surface area contributed by atoms with E-state index in [1.807, 2.05) is 67.7 Å². The number of carbonyl (C=O) groups excluding carboxylic acids is 2. The average Bonchev–Trinajstić information content (AvgIpc) is 3.36. The molecule has 0 radical (unpaired) electrons. The van der Waals surface area contributed by atoms with Crippen molar-refractivity contribution in [3.63, 3.8) is 0 Å². The number of benzene rings is 2. The van der Waals surface area contributed by atoms with Gasteiger partial charge in [0.05, 0.1) is 5.69 Å². The Morgan fingerprint density at radius 3 is 2.54 bits per heavy atom. The van der Waals surface area contributed by atoms with Gasteiger partial charge in [-0.05, 0) is 67.8 Å². The van der Waals surface area contributed by atoms with E-state index in [9.17, 15) is 14.9 Å². The number of rotatable bonds is 10. The zero-order valence-electron chi connectivity index (χ0n) is 22.3. The minimum atomic E-state index is -0.584. The maximum atomic E-state index is 13.5. The number of hydrogen-bond acceptors (Lipinski definition) is 6. The molecule has 0 N–H and O–H groups in total. The summed E-state index contributed by atoms with van der Waals surface area (Å²) >= 11 is 0. The van der Waals surface area contributed by atoms with Gasteiger partial charge in [0.2, 0.25) is 0 Å². The van der Waals surface area contributed by atoms with E-state index in [1.165, 1.54) is 0 Å². The van der Waals surface area contributed by atoms with Crippen LogP contribution in [0.25, 0.3) is 23.0 Å². The van der Waals surface area contributed by atoms with Crippen molar-refractivity contribution in [1.29, 1.82) is 5.26 Å². The van der Waals surface area contributed by atoms with Crippen LogP contribution in [-0.2, 0) is 14.3 Å². The third-order valence-corrected chi connectivity index (χ3v) is 6.44. The molecule has 3 aromatic rings. The summed E-state index contributed by atoms with van der Waals surface area (Å²) in [6.45, 7) is 8.23. The van der Waals surface area contributed by atoms with Crippen LogP contribution in [0.1, 0.15) is 24.5 Å². The molecule has 8 heteroatoms. The minimum absolute atomic E-state index is 0.0461. The van der Waals surface area contributed by atoms with E-state index >= 15 is 0 Å². The molecule has 198 valence electrons. The van der Waals surface area contributed by atoms with E-state index in [0.29, 0.717) is 42.2 Å². The van der Waals surface area contributed by atoms with Crippen molar-refractivity contribution in [2.45, 2.75) is 20.3 Å². The van der Waals surface area contributed by atoms with Gasteiger partial charge < -0.3 is 9.47 Å². The van der Waals surface area contributed by atoms with E-state index in [0.717, 1.165) is 21.7 Å². The molecular formula is C31H30N4O4. The topological polar surface area (TPSA) is 97.4 Å². The van der Waals surface area contributed by atoms with Gasteiger partial charge in [0.15, 0.2) is 0 Å². The molecule has 0 atom stereocenters. The van der Waals surface area contributed by atoms with Crippen molar-refractivity contribution >= 4 is 17.9 Å². The molecule has 0 unspecified atom stereocenters. The molecule has 0 fully saturated rings. The standard InChI is InChI=1S/C31H30N4O4/c1-5-15-39-25-12-13-26(21(2)17-25)29-23(20-35(33-29)24-10-7-6-8-11-24)18-27-22(3)28(19-32)31(37)34(30(27)36)14-9-16-38-4/h5-8,10-13,17-18,20H,1,9,14-16H2,2-4H3/b27-18+. The summed E-state index contributed by atoms with van der Waals surface area (Å²) in [6, 6.07) is 17.4. The predicted octanol–water partition coefficient (Wildman–Crippen LogP) is 5.04. The number of nitrogens with zero attached hydrogens (tertiary/aromatic N) is 4. The Bertz CT molecular complexity index is 1510. The first-order chi connectivity index (χ1) is 18.9. The van der Waals surface area contributed by atoms with Gasteiger partial charge in [-0.25, -0.2) is 4.68 Å². The van der Waals surface area contributed by atoms with Gasteiger partial charge in [-0.3, -0.25) is 14.5 Å². The van der Waals surface area contributed by atoms with E-state index in [1.54, 1.807) is 30.9 Å².